The molecule has 0 aliphatic heterocycles. The topological polar surface area (TPSA) is 36.1 Å². The first-order valence-electron chi connectivity index (χ1n) is 8.50. The fraction of sp³-hybridized carbons (Fsp3) is 0.0909. The van der Waals surface area contributed by atoms with Crippen LogP contribution in [0, 0.1) is 13.8 Å². The highest BCUT2D eigenvalue weighted by molar-refractivity contribution is 7.81. The standard InChI is InChI=1S/C22H19ClN2OS/c1-15-6-11-19(16(2)14-15)24-22(27)20(25-12-4-3-5-13-25)21(26)17-7-9-18(23)10-8-17/h3-14H,1-2H3,(H-,24,26,27)/p+1. The third kappa shape index (κ3) is 4.54. The molecule has 2 aromatic carbocycles. The predicted octanol–water partition coefficient (Wildman–Crippen LogP) is 5.57. The molecule has 2 N–H and O–H groups in total. The van der Waals surface area contributed by atoms with Gasteiger partial charge in [0.25, 0.3) is 5.70 Å². The summed E-state index contributed by atoms with van der Waals surface area (Å²) in [7, 11) is 0. The van der Waals surface area contributed by atoms with Gasteiger partial charge in [-0.15, -0.1) is 0 Å². The highest BCUT2D eigenvalue weighted by Crippen LogP contribution is 2.22. The first kappa shape index (κ1) is 19.1. The van der Waals surface area contributed by atoms with E-state index in [4.69, 9.17) is 23.8 Å². The predicted molar refractivity (Wildman–Crippen MR) is 116 cm³/mol. The van der Waals surface area contributed by atoms with Crippen LogP contribution in [0.1, 0.15) is 16.7 Å². The normalized spacial score (nSPS) is 11.7. The van der Waals surface area contributed by atoms with E-state index in [0.717, 1.165) is 11.3 Å². The number of benzene rings is 2. The van der Waals surface area contributed by atoms with Crippen LogP contribution >= 0.6 is 23.8 Å². The van der Waals surface area contributed by atoms with Crippen LogP contribution in [-0.4, -0.2) is 10.1 Å². The number of halogens is 1. The average Bonchev–Trinajstić information content (AvgIpc) is 2.65. The summed E-state index contributed by atoms with van der Waals surface area (Å²) < 4.78 is 1.79. The highest BCUT2D eigenvalue weighted by Gasteiger charge is 2.24. The van der Waals surface area contributed by atoms with Gasteiger partial charge in [-0.1, -0.05) is 47.6 Å². The van der Waals surface area contributed by atoms with Crippen LogP contribution in [0.4, 0.5) is 5.69 Å². The number of aliphatic hydroxyl groups excluding tert-OH is 1. The summed E-state index contributed by atoms with van der Waals surface area (Å²) in [5, 5.41) is 14.8. The molecule has 27 heavy (non-hydrogen) atoms. The Morgan fingerprint density at radius 1 is 1.00 bits per heavy atom. The molecule has 136 valence electrons. The molecule has 0 saturated carbocycles. The number of hydrogen-bond acceptors (Lipinski definition) is 2. The van der Waals surface area contributed by atoms with E-state index < -0.39 is 0 Å². The van der Waals surface area contributed by atoms with Crippen LogP contribution in [-0.2, 0) is 0 Å². The molecule has 0 fully saturated rings. The molecule has 0 aliphatic carbocycles. The van der Waals surface area contributed by atoms with Gasteiger partial charge in [0.1, 0.15) is 0 Å². The van der Waals surface area contributed by atoms with E-state index >= 15 is 0 Å². The van der Waals surface area contributed by atoms with Crippen LogP contribution in [0.15, 0.2) is 73.1 Å². The fourth-order valence-electron chi connectivity index (χ4n) is 2.77. The number of aryl methyl sites for hydroxylation is 2. The Morgan fingerprint density at radius 2 is 1.67 bits per heavy atom. The summed E-state index contributed by atoms with van der Waals surface area (Å²) in [6, 6.07) is 18.8. The van der Waals surface area contributed by atoms with E-state index in [1.165, 1.54) is 5.56 Å². The summed E-state index contributed by atoms with van der Waals surface area (Å²) in [5.41, 5.74) is 4.30. The molecule has 0 unspecified atom stereocenters. The number of aromatic nitrogens is 1. The molecule has 0 amide bonds. The summed E-state index contributed by atoms with van der Waals surface area (Å²) in [6.45, 7) is 4.07. The lowest BCUT2D eigenvalue weighted by Gasteiger charge is -2.12. The summed E-state index contributed by atoms with van der Waals surface area (Å²) in [4.78, 5) is 0.422. The summed E-state index contributed by atoms with van der Waals surface area (Å²) in [5.74, 6) is 0.0742. The first-order chi connectivity index (χ1) is 13.0. The lowest BCUT2D eigenvalue weighted by atomic mass is 10.1. The van der Waals surface area contributed by atoms with E-state index in [2.05, 4.69) is 11.4 Å². The average molecular weight is 396 g/mol. The van der Waals surface area contributed by atoms with Gasteiger partial charge in [0.15, 0.2) is 23.1 Å². The van der Waals surface area contributed by atoms with Crippen molar-refractivity contribution < 1.29 is 9.67 Å². The van der Waals surface area contributed by atoms with E-state index in [-0.39, 0.29) is 5.76 Å². The van der Waals surface area contributed by atoms with Crippen molar-refractivity contribution >= 4 is 46.0 Å². The SMILES string of the molecule is Cc1ccc(NC(=S)C(=C(O)c2ccc(Cl)cc2)[n+]2ccccc2)c(C)c1. The molecule has 0 radical (unpaired) electrons. The Labute approximate surface area is 169 Å². The Bertz CT molecular complexity index is 999. The largest absolute Gasteiger partial charge is 0.502 e. The first-order valence-corrected chi connectivity index (χ1v) is 9.29. The monoisotopic (exact) mass is 395 g/mol. The van der Waals surface area contributed by atoms with E-state index in [9.17, 15) is 5.11 Å². The third-order valence-corrected chi connectivity index (χ3v) is 4.71. The highest BCUT2D eigenvalue weighted by atomic mass is 35.5. The van der Waals surface area contributed by atoms with E-state index in [0.29, 0.717) is 21.3 Å². The minimum Gasteiger partial charge on any atom is -0.502 e. The van der Waals surface area contributed by atoms with Gasteiger partial charge in [0.2, 0.25) is 0 Å². The lowest BCUT2D eigenvalue weighted by molar-refractivity contribution is -0.575. The molecule has 1 heterocycles. The number of thiocarbonyl (C=S) groups is 1. The molecule has 0 bridgehead atoms. The van der Waals surface area contributed by atoms with E-state index in [1.807, 2.05) is 56.6 Å². The summed E-state index contributed by atoms with van der Waals surface area (Å²) >= 11 is 11.6. The quantitative estimate of drug-likeness (QED) is 0.262. The Hall–Kier alpha value is -2.69. The van der Waals surface area contributed by atoms with Gasteiger partial charge in [-0.05, 0) is 49.7 Å². The molecular weight excluding hydrogens is 376 g/mol. The van der Waals surface area contributed by atoms with Gasteiger partial charge in [0, 0.05) is 28.4 Å². The van der Waals surface area contributed by atoms with Crippen LogP contribution in [0.5, 0.6) is 0 Å². The van der Waals surface area contributed by atoms with Crippen molar-refractivity contribution in [2.45, 2.75) is 13.8 Å². The second kappa shape index (κ2) is 8.33. The molecule has 3 aromatic rings. The zero-order chi connectivity index (χ0) is 19.4. The maximum Gasteiger partial charge on any atom is 0.288 e. The number of hydrogen-bond donors (Lipinski definition) is 2. The molecule has 5 heteroatoms. The van der Waals surface area contributed by atoms with Gasteiger partial charge < -0.3 is 10.4 Å². The number of pyridine rings is 1. The van der Waals surface area contributed by atoms with Crippen molar-refractivity contribution in [2.75, 3.05) is 5.32 Å². The van der Waals surface area contributed by atoms with Crippen molar-refractivity contribution in [1.82, 2.24) is 0 Å². The van der Waals surface area contributed by atoms with E-state index in [1.54, 1.807) is 28.8 Å². The van der Waals surface area contributed by atoms with Gasteiger partial charge in [-0.3, -0.25) is 0 Å². The molecule has 0 spiro atoms. The molecule has 3 rings (SSSR count). The smallest absolute Gasteiger partial charge is 0.288 e. The maximum atomic E-state index is 11.0. The van der Waals surface area contributed by atoms with Crippen LogP contribution in [0.25, 0.3) is 11.5 Å². The van der Waals surface area contributed by atoms with Crippen molar-refractivity contribution in [2.24, 2.45) is 0 Å². The Kier molecular flexibility index (Phi) is 5.89. The molecule has 0 aliphatic rings. The molecule has 0 atom stereocenters. The lowest BCUT2D eigenvalue weighted by Crippen LogP contribution is -2.38. The van der Waals surface area contributed by atoms with Crippen LogP contribution in [0.3, 0.4) is 0 Å². The third-order valence-electron chi connectivity index (χ3n) is 4.16. The maximum absolute atomic E-state index is 11.0. The molecule has 3 nitrogen and oxygen atoms in total. The van der Waals surface area contributed by atoms with Gasteiger partial charge in [-0.2, -0.15) is 4.57 Å². The zero-order valence-corrected chi connectivity index (χ0v) is 16.7. The number of nitrogens with zero attached hydrogens (tertiary/aromatic N) is 1. The minimum absolute atomic E-state index is 0.0742. The second-order valence-electron chi connectivity index (χ2n) is 6.26. The number of nitrogens with one attached hydrogen (secondary N) is 1. The molecule has 0 saturated heterocycles. The zero-order valence-electron chi connectivity index (χ0n) is 15.1. The van der Waals surface area contributed by atoms with Gasteiger partial charge in [-0.25, -0.2) is 0 Å². The van der Waals surface area contributed by atoms with Crippen molar-refractivity contribution in [3.05, 3.63) is 94.8 Å². The number of aliphatic hydroxyl groups is 1. The van der Waals surface area contributed by atoms with Crippen molar-refractivity contribution in [1.29, 1.82) is 0 Å². The number of rotatable bonds is 4. The Morgan fingerprint density at radius 3 is 2.30 bits per heavy atom. The second-order valence-corrected chi connectivity index (χ2v) is 7.10. The van der Waals surface area contributed by atoms with Gasteiger partial charge >= 0.3 is 0 Å². The van der Waals surface area contributed by atoms with Crippen molar-refractivity contribution in [3.8, 4) is 0 Å². The minimum atomic E-state index is 0.0742. The fourth-order valence-corrected chi connectivity index (χ4v) is 3.21. The molecule has 1 aromatic heterocycles. The van der Waals surface area contributed by atoms with Gasteiger partial charge in [0.05, 0.1) is 0 Å². The Balaban J connectivity index is 2.05. The molecular formula is C22H20ClN2OS+. The van der Waals surface area contributed by atoms with Crippen LogP contribution < -0.4 is 9.88 Å². The van der Waals surface area contributed by atoms with Crippen molar-refractivity contribution in [3.63, 3.8) is 0 Å². The number of anilines is 1. The summed E-state index contributed by atoms with van der Waals surface area (Å²) in [6.07, 6.45) is 3.69. The van der Waals surface area contributed by atoms with Crippen LogP contribution in [0.2, 0.25) is 5.02 Å².